The summed E-state index contributed by atoms with van der Waals surface area (Å²) in [6.45, 7) is 1.27. The molecule has 1 amide bonds. The van der Waals surface area contributed by atoms with Gasteiger partial charge in [0.15, 0.2) is 10.8 Å². The lowest BCUT2D eigenvalue weighted by Crippen LogP contribution is -2.30. The number of benzene rings is 1. The second-order valence-electron chi connectivity index (χ2n) is 4.24. The van der Waals surface area contributed by atoms with Gasteiger partial charge in [-0.3, -0.25) is 4.79 Å². The van der Waals surface area contributed by atoms with Crippen LogP contribution in [0.1, 0.15) is 17.5 Å². The van der Waals surface area contributed by atoms with Gasteiger partial charge < -0.3 is 14.5 Å². The van der Waals surface area contributed by atoms with Gasteiger partial charge in [-0.1, -0.05) is 6.07 Å². The number of rotatable bonds is 4. The number of para-hydroxylation sites is 1. The van der Waals surface area contributed by atoms with E-state index in [1.807, 2.05) is 5.32 Å². The van der Waals surface area contributed by atoms with Crippen LogP contribution in [0.5, 0.6) is 0 Å². The van der Waals surface area contributed by atoms with Crippen LogP contribution in [-0.2, 0) is 9.53 Å². The minimum Gasteiger partial charge on any atom is -0.447 e. The third-order valence-electron chi connectivity index (χ3n) is 2.64. The predicted octanol–water partition coefficient (Wildman–Crippen LogP) is 3.50. The molecule has 0 aliphatic rings. The van der Waals surface area contributed by atoms with E-state index in [9.17, 15) is 18.4 Å². The highest BCUT2D eigenvalue weighted by atomic mass is 79.9. The average molecular weight is 374 g/mol. The first-order valence-corrected chi connectivity index (χ1v) is 6.89. The number of ether oxygens (including phenoxy) is 1. The summed E-state index contributed by atoms with van der Waals surface area (Å²) in [4.78, 5) is 23.5. The van der Waals surface area contributed by atoms with E-state index in [4.69, 9.17) is 9.15 Å². The molecule has 0 aliphatic carbocycles. The van der Waals surface area contributed by atoms with Crippen molar-refractivity contribution in [3.05, 3.63) is 52.4 Å². The van der Waals surface area contributed by atoms with Crippen LogP contribution in [0.15, 0.2) is 39.4 Å². The third-order valence-corrected chi connectivity index (χ3v) is 3.06. The van der Waals surface area contributed by atoms with Crippen LogP contribution >= 0.6 is 15.9 Å². The monoisotopic (exact) mass is 373 g/mol. The van der Waals surface area contributed by atoms with Crippen molar-refractivity contribution in [2.75, 3.05) is 5.32 Å². The maximum atomic E-state index is 13.4. The number of carbonyl (C=O) groups is 2. The first-order chi connectivity index (χ1) is 10.4. The van der Waals surface area contributed by atoms with E-state index in [1.54, 1.807) is 0 Å². The van der Waals surface area contributed by atoms with Crippen molar-refractivity contribution in [3.63, 3.8) is 0 Å². The number of carbonyl (C=O) groups excluding carboxylic acids is 2. The molecule has 0 fully saturated rings. The summed E-state index contributed by atoms with van der Waals surface area (Å²) in [5.41, 5.74) is -0.601. The van der Waals surface area contributed by atoms with Crippen molar-refractivity contribution >= 4 is 33.5 Å². The molecule has 0 radical (unpaired) electrons. The van der Waals surface area contributed by atoms with E-state index in [1.165, 1.54) is 25.1 Å². The first kappa shape index (κ1) is 16.2. The molecule has 8 heteroatoms. The van der Waals surface area contributed by atoms with Gasteiger partial charge in [-0.25, -0.2) is 13.6 Å². The van der Waals surface area contributed by atoms with Crippen LogP contribution in [0.3, 0.4) is 0 Å². The Kier molecular flexibility index (Phi) is 4.92. The van der Waals surface area contributed by atoms with E-state index in [-0.39, 0.29) is 5.76 Å². The fraction of sp³-hybridized carbons (Fsp3) is 0.143. The Balaban J connectivity index is 2.02. The summed E-state index contributed by atoms with van der Waals surface area (Å²) in [6, 6.07) is 5.99. The van der Waals surface area contributed by atoms with Crippen molar-refractivity contribution in [3.8, 4) is 0 Å². The Morgan fingerprint density at radius 2 is 1.86 bits per heavy atom. The van der Waals surface area contributed by atoms with Crippen molar-refractivity contribution < 1.29 is 27.5 Å². The van der Waals surface area contributed by atoms with E-state index in [0.29, 0.717) is 4.67 Å². The number of furan rings is 1. The highest BCUT2D eigenvalue weighted by Gasteiger charge is 2.23. The van der Waals surface area contributed by atoms with E-state index < -0.39 is 35.3 Å². The molecule has 116 valence electrons. The largest absolute Gasteiger partial charge is 0.447 e. The van der Waals surface area contributed by atoms with Gasteiger partial charge in [-0.15, -0.1) is 0 Å². The molecule has 22 heavy (non-hydrogen) atoms. The molecule has 1 aromatic carbocycles. The van der Waals surface area contributed by atoms with Crippen molar-refractivity contribution in [1.29, 1.82) is 0 Å². The van der Waals surface area contributed by atoms with Crippen LogP contribution in [0, 0.1) is 11.6 Å². The van der Waals surface area contributed by atoms with Crippen LogP contribution in [0.25, 0.3) is 0 Å². The molecule has 1 N–H and O–H groups in total. The zero-order valence-electron chi connectivity index (χ0n) is 11.2. The molecular formula is C14H10BrF2NO4. The number of esters is 1. The molecule has 1 atom stereocenters. The van der Waals surface area contributed by atoms with E-state index in [0.717, 1.165) is 12.1 Å². The van der Waals surface area contributed by atoms with Crippen molar-refractivity contribution in [2.24, 2.45) is 0 Å². The molecule has 2 aromatic rings. The minimum absolute atomic E-state index is 0.108. The van der Waals surface area contributed by atoms with E-state index >= 15 is 0 Å². The number of hydrogen-bond acceptors (Lipinski definition) is 4. The van der Waals surface area contributed by atoms with Gasteiger partial charge in [0, 0.05) is 0 Å². The minimum atomic E-state index is -1.27. The van der Waals surface area contributed by atoms with Gasteiger partial charge in [-0.05, 0) is 47.1 Å². The summed E-state index contributed by atoms with van der Waals surface area (Å²) >= 11 is 3.02. The van der Waals surface area contributed by atoms with Crippen LogP contribution in [0.4, 0.5) is 14.5 Å². The van der Waals surface area contributed by atoms with Crippen LogP contribution < -0.4 is 5.32 Å². The zero-order chi connectivity index (χ0) is 16.3. The van der Waals surface area contributed by atoms with Gasteiger partial charge in [0.05, 0.1) is 0 Å². The van der Waals surface area contributed by atoms with Gasteiger partial charge in [0.2, 0.25) is 5.76 Å². The Morgan fingerprint density at radius 1 is 1.23 bits per heavy atom. The summed E-state index contributed by atoms with van der Waals surface area (Å²) in [7, 11) is 0. The van der Waals surface area contributed by atoms with E-state index in [2.05, 4.69) is 15.9 Å². The SMILES string of the molecule is CC(OC(=O)c1ccc(Br)o1)C(=O)Nc1c(F)cccc1F. The smallest absolute Gasteiger partial charge is 0.375 e. The molecule has 0 spiro atoms. The number of halogens is 3. The molecule has 0 saturated carbocycles. The zero-order valence-corrected chi connectivity index (χ0v) is 12.8. The summed E-state index contributed by atoms with van der Waals surface area (Å²) in [5, 5.41) is 2.03. The normalized spacial score (nSPS) is 11.8. The number of anilines is 1. The Bertz CT molecular complexity index is 696. The molecular weight excluding hydrogens is 364 g/mol. The number of nitrogens with one attached hydrogen (secondary N) is 1. The Morgan fingerprint density at radius 3 is 2.41 bits per heavy atom. The summed E-state index contributed by atoms with van der Waals surface area (Å²) < 4.78 is 37.0. The second-order valence-corrected chi connectivity index (χ2v) is 5.02. The van der Waals surface area contributed by atoms with Crippen molar-refractivity contribution in [1.82, 2.24) is 0 Å². The number of amides is 1. The first-order valence-electron chi connectivity index (χ1n) is 6.09. The predicted molar refractivity (Wildman–Crippen MR) is 76.3 cm³/mol. The Labute approximate surface area is 132 Å². The quantitative estimate of drug-likeness (QED) is 0.832. The van der Waals surface area contributed by atoms with Crippen LogP contribution in [0.2, 0.25) is 0 Å². The fourth-order valence-corrected chi connectivity index (χ4v) is 1.84. The maximum absolute atomic E-state index is 13.4. The Hall–Kier alpha value is -2.22. The summed E-state index contributed by atoms with van der Waals surface area (Å²) in [5.74, 6) is -3.71. The topological polar surface area (TPSA) is 68.5 Å². The van der Waals surface area contributed by atoms with Crippen LogP contribution in [-0.4, -0.2) is 18.0 Å². The fourth-order valence-electron chi connectivity index (χ4n) is 1.54. The molecule has 2 rings (SSSR count). The lowest BCUT2D eigenvalue weighted by Gasteiger charge is -2.13. The molecule has 0 bridgehead atoms. The number of hydrogen-bond donors (Lipinski definition) is 1. The molecule has 1 heterocycles. The average Bonchev–Trinajstić information content (AvgIpc) is 2.89. The molecule has 0 saturated heterocycles. The molecule has 5 nitrogen and oxygen atoms in total. The second kappa shape index (κ2) is 6.69. The molecule has 0 aliphatic heterocycles. The summed E-state index contributed by atoms with van der Waals surface area (Å²) in [6.07, 6.45) is -1.27. The van der Waals surface area contributed by atoms with Gasteiger partial charge in [-0.2, -0.15) is 0 Å². The maximum Gasteiger partial charge on any atom is 0.375 e. The van der Waals surface area contributed by atoms with Gasteiger partial charge >= 0.3 is 5.97 Å². The lowest BCUT2D eigenvalue weighted by atomic mass is 10.2. The van der Waals surface area contributed by atoms with Gasteiger partial charge in [0.25, 0.3) is 5.91 Å². The molecule has 1 unspecified atom stereocenters. The molecule has 1 aromatic heterocycles. The van der Waals surface area contributed by atoms with Gasteiger partial charge in [0.1, 0.15) is 17.3 Å². The lowest BCUT2D eigenvalue weighted by molar-refractivity contribution is -0.123. The highest BCUT2D eigenvalue weighted by molar-refractivity contribution is 9.10. The highest BCUT2D eigenvalue weighted by Crippen LogP contribution is 2.19. The van der Waals surface area contributed by atoms with Crippen molar-refractivity contribution in [2.45, 2.75) is 13.0 Å². The third kappa shape index (κ3) is 3.70. The standard InChI is InChI=1S/C14H10BrF2NO4/c1-7(21-14(20)10-5-6-11(15)22-10)13(19)18-12-8(16)3-2-4-9(12)17/h2-7H,1H3,(H,18,19).